The van der Waals surface area contributed by atoms with Crippen molar-refractivity contribution in [3.63, 3.8) is 0 Å². The Morgan fingerprint density at radius 1 is 1.08 bits per heavy atom. The molecule has 3 fully saturated rings. The molecule has 0 aromatic heterocycles. The van der Waals surface area contributed by atoms with Crippen LogP contribution >= 0.6 is 0 Å². The van der Waals surface area contributed by atoms with E-state index in [9.17, 15) is 9.59 Å². The first kappa shape index (κ1) is 26.6. The lowest BCUT2D eigenvalue weighted by atomic mass is 9.94. The number of hydrogen-bond acceptors (Lipinski definition) is 6. The quantitative estimate of drug-likeness (QED) is 0.352. The lowest BCUT2D eigenvalue weighted by molar-refractivity contribution is -0.0649. The number of urea groups is 1. The third-order valence-electron chi connectivity index (χ3n) is 7.10. The number of anilines is 1. The molecule has 1 atom stereocenters. The smallest absolute Gasteiger partial charge is 0.434 e. The molecule has 3 aliphatic rings. The average molecular weight is 513 g/mol. The zero-order valence-electron chi connectivity index (χ0n) is 22.5. The third kappa shape index (κ3) is 6.11. The zero-order chi connectivity index (χ0) is 26.7. The van der Waals surface area contributed by atoms with Crippen LogP contribution in [0.1, 0.15) is 40.5 Å². The van der Waals surface area contributed by atoms with Crippen LogP contribution in [-0.2, 0) is 9.57 Å². The first-order chi connectivity index (χ1) is 17.6. The van der Waals surface area contributed by atoms with Gasteiger partial charge in [0.15, 0.2) is 5.88 Å². The van der Waals surface area contributed by atoms with Crippen molar-refractivity contribution in [1.82, 2.24) is 19.8 Å². The Kier molecular flexibility index (Phi) is 7.85. The summed E-state index contributed by atoms with van der Waals surface area (Å²) in [7, 11) is 0. The molecule has 0 radical (unpaired) electrons. The number of piperazine rings is 1. The number of piperidine rings is 1. The predicted octanol–water partition coefficient (Wildman–Crippen LogP) is 3.96. The van der Waals surface area contributed by atoms with Crippen molar-refractivity contribution in [2.24, 2.45) is 5.92 Å². The van der Waals surface area contributed by atoms with Crippen LogP contribution in [0, 0.1) is 11.3 Å². The van der Waals surface area contributed by atoms with Gasteiger partial charge in [0, 0.05) is 50.9 Å². The summed E-state index contributed by atoms with van der Waals surface area (Å²) in [5, 5.41) is 9.95. The van der Waals surface area contributed by atoms with Gasteiger partial charge in [-0.05, 0) is 59.2 Å². The van der Waals surface area contributed by atoms with E-state index in [1.165, 1.54) is 5.06 Å². The zero-order valence-corrected chi connectivity index (χ0v) is 22.5. The third-order valence-corrected chi connectivity index (χ3v) is 7.10. The molecule has 0 aliphatic carbocycles. The summed E-state index contributed by atoms with van der Waals surface area (Å²) in [6.07, 6.45) is 0.862. The highest BCUT2D eigenvalue weighted by Gasteiger charge is 2.44. The second-order valence-corrected chi connectivity index (χ2v) is 10.8. The number of likely N-dealkylation sites (tertiary alicyclic amines) is 1. The van der Waals surface area contributed by atoms with Gasteiger partial charge in [-0.15, -0.1) is 5.06 Å². The lowest BCUT2D eigenvalue weighted by Gasteiger charge is -2.39. The van der Waals surface area contributed by atoms with Gasteiger partial charge in [0.25, 0.3) is 0 Å². The molecule has 37 heavy (non-hydrogen) atoms. The van der Waals surface area contributed by atoms with Crippen molar-refractivity contribution in [3.05, 3.63) is 42.8 Å². The summed E-state index contributed by atoms with van der Waals surface area (Å²) in [6, 6.07) is 9.57. The van der Waals surface area contributed by atoms with E-state index in [4.69, 9.17) is 15.0 Å². The molecular formula is C27H40N6O4. The summed E-state index contributed by atoms with van der Waals surface area (Å²) in [5.41, 5.74) is 0.664. The minimum absolute atomic E-state index is 0.0704. The average Bonchev–Trinajstić information content (AvgIpc) is 3.18. The normalized spacial score (nSPS) is 20.5. The highest BCUT2D eigenvalue weighted by Crippen LogP contribution is 2.27. The molecule has 0 spiro atoms. The fourth-order valence-corrected chi connectivity index (χ4v) is 5.20. The van der Waals surface area contributed by atoms with Gasteiger partial charge in [0.2, 0.25) is 0 Å². The van der Waals surface area contributed by atoms with Crippen LogP contribution in [-0.4, -0.2) is 95.2 Å². The van der Waals surface area contributed by atoms with Gasteiger partial charge in [0.05, 0.1) is 12.6 Å². The number of para-hydroxylation sites is 1. The number of fused-ring (bicyclic) bond motifs is 1. The van der Waals surface area contributed by atoms with Crippen molar-refractivity contribution >= 4 is 23.6 Å². The van der Waals surface area contributed by atoms with Crippen LogP contribution in [0.25, 0.3) is 0 Å². The van der Waals surface area contributed by atoms with Crippen LogP contribution in [0.3, 0.4) is 0 Å². The van der Waals surface area contributed by atoms with E-state index in [-0.39, 0.29) is 23.6 Å². The largest absolute Gasteiger partial charge is 0.474 e. The van der Waals surface area contributed by atoms with Crippen molar-refractivity contribution in [2.45, 2.75) is 52.2 Å². The molecule has 1 unspecified atom stereocenters. The first-order valence-electron chi connectivity index (χ1n) is 13.2. The fraction of sp³-hybridized carbons (Fsp3) is 0.593. The Balaban J connectivity index is 1.27. The molecule has 202 valence electrons. The van der Waals surface area contributed by atoms with Gasteiger partial charge in [-0.2, -0.15) is 0 Å². The molecule has 0 bridgehead atoms. The van der Waals surface area contributed by atoms with Crippen LogP contribution < -0.4 is 4.90 Å². The van der Waals surface area contributed by atoms with Gasteiger partial charge in [0.1, 0.15) is 11.4 Å². The van der Waals surface area contributed by atoms with Gasteiger partial charge in [-0.25, -0.2) is 9.59 Å². The maximum absolute atomic E-state index is 12.9. The summed E-state index contributed by atoms with van der Waals surface area (Å²) >= 11 is 0. The Morgan fingerprint density at radius 2 is 1.76 bits per heavy atom. The number of nitrogens with one attached hydrogen (secondary N) is 1. The number of carbonyl (C=O) groups is 2. The Morgan fingerprint density at radius 3 is 2.38 bits per heavy atom. The summed E-state index contributed by atoms with van der Waals surface area (Å²) < 4.78 is 5.90. The number of hydroxylamine groups is 2. The number of benzene rings is 1. The molecule has 4 rings (SSSR count). The van der Waals surface area contributed by atoms with Crippen LogP contribution in [0.4, 0.5) is 15.3 Å². The number of ether oxygens (including phenoxy) is 1. The molecule has 1 aromatic carbocycles. The monoisotopic (exact) mass is 512 g/mol. The molecule has 10 nitrogen and oxygen atoms in total. The summed E-state index contributed by atoms with van der Waals surface area (Å²) in [4.78, 5) is 38.8. The highest BCUT2D eigenvalue weighted by atomic mass is 16.7. The Labute approximate surface area is 219 Å². The minimum Gasteiger partial charge on any atom is -0.474 e. The number of amidine groups is 1. The number of rotatable bonds is 6. The molecule has 10 heteroatoms. The second kappa shape index (κ2) is 10.9. The van der Waals surface area contributed by atoms with Crippen molar-refractivity contribution in [1.29, 1.82) is 5.41 Å². The molecule has 3 heterocycles. The maximum Gasteiger partial charge on any atom is 0.434 e. The number of amides is 3. The van der Waals surface area contributed by atoms with Gasteiger partial charge in [-0.1, -0.05) is 18.2 Å². The molecule has 1 aromatic rings. The minimum atomic E-state index is -0.508. The molecule has 3 amide bonds. The van der Waals surface area contributed by atoms with E-state index in [1.807, 2.05) is 67.8 Å². The topological polar surface area (TPSA) is 92.6 Å². The SMILES string of the molecule is C=C(OC(C)(C)C)N1CCN2C(=O)N(OC(=O)N3CCC(C(=N)N(CC)c4ccccc4)CC3)CC2C1. The Hall–Kier alpha value is -3.43. The highest BCUT2D eigenvalue weighted by molar-refractivity contribution is 5.97. The van der Waals surface area contributed by atoms with Crippen LogP contribution in [0.15, 0.2) is 42.8 Å². The summed E-state index contributed by atoms with van der Waals surface area (Å²) in [5.74, 6) is 1.24. The number of carbonyl (C=O) groups excluding carboxylic acids is 2. The molecular weight excluding hydrogens is 472 g/mol. The van der Waals surface area contributed by atoms with Gasteiger partial charge < -0.3 is 29.2 Å². The van der Waals surface area contributed by atoms with E-state index in [0.717, 1.165) is 5.69 Å². The van der Waals surface area contributed by atoms with Crippen molar-refractivity contribution < 1.29 is 19.2 Å². The molecule has 1 N–H and O–H groups in total. The number of nitrogens with zero attached hydrogens (tertiary/aromatic N) is 5. The van der Waals surface area contributed by atoms with Crippen LogP contribution in [0.5, 0.6) is 0 Å². The van der Waals surface area contributed by atoms with Crippen molar-refractivity contribution in [2.75, 3.05) is 50.7 Å². The fourth-order valence-electron chi connectivity index (χ4n) is 5.20. The molecule has 0 saturated carbocycles. The van der Waals surface area contributed by atoms with Gasteiger partial charge >= 0.3 is 12.1 Å². The van der Waals surface area contributed by atoms with E-state index in [2.05, 4.69) is 6.58 Å². The van der Waals surface area contributed by atoms with Crippen molar-refractivity contribution in [3.8, 4) is 0 Å². The molecule has 3 aliphatic heterocycles. The Bertz CT molecular complexity index is 1000. The van der Waals surface area contributed by atoms with E-state index in [1.54, 1.807) is 9.80 Å². The second-order valence-electron chi connectivity index (χ2n) is 10.8. The van der Waals surface area contributed by atoms with Gasteiger partial charge in [-0.3, -0.25) is 5.41 Å². The van der Waals surface area contributed by atoms with E-state index >= 15 is 0 Å². The molecule has 3 saturated heterocycles. The lowest BCUT2D eigenvalue weighted by Crippen LogP contribution is -2.52. The number of hydrogen-bond donors (Lipinski definition) is 1. The first-order valence-corrected chi connectivity index (χ1v) is 13.2. The van der Waals surface area contributed by atoms with E-state index < -0.39 is 6.09 Å². The van der Waals surface area contributed by atoms with Crippen LogP contribution in [0.2, 0.25) is 0 Å². The standard InChI is InChI=1S/C27H40N6O4/c1-6-31(22-10-8-7-9-11-22)24(28)21-12-14-29(15-13-21)26(35)37-33-19-23-18-30(16-17-32(23)25(33)34)20(2)36-27(3,4)5/h7-11,21,23,28H,2,6,12-19H2,1,3-5H3. The van der Waals surface area contributed by atoms with E-state index in [0.29, 0.717) is 70.4 Å². The summed E-state index contributed by atoms with van der Waals surface area (Å²) in [6.45, 7) is 15.8. The maximum atomic E-state index is 12.9. The predicted molar refractivity (Wildman–Crippen MR) is 142 cm³/mol.